The molecular formula is C16H15F3N2. The van der Waals surface area contributed by atoms with Crippen LogP contribution < -0.4 is 5.73 Å². The molecule has 3 rings (SSSR count). The van der Waals surface area contributed by atoms with Gasteiger partial charge in [0.1, 0.15) is 0 Å². The number of halogens is 3. The second-order valence-electron chi connectivity index (χ2n) is 5.32. The molecule has 1 aromatic carbocycles. The summed E-state index contributed by atoms with van der Waals surface area (Å²) in [6.45, 7) is 0. The number of rotatable bonds is 2. The van der Waals surface area contributed by atoms with Crippen molar-refractivity contribution < 1.29 is 13.2 Å². The van der Waals surface area contributed by atoms with Gasteiger partial charge in [-0.25, -0.2) is 0 Å². The number of hydrogen-bond acceptors (Lipinski definition) is 2. The van der Waals surface area contributed by atoms with Crippen LogP contribution in [-0.4, -0.2) is 4.98 Å². The number of benzene rings is 1. The first-order valence-electron chi connectivity index (χ1n) is 6.85. The Bertz CT molecular complexity index is 665. The molecule has 110 valence electrons. The molecule has 0 spiro atoms. The summed E-state index contributed by atoms with van der Waals surface area (Å²) in [6.07, 6.45) is 1.02. The third-order valence-corrected chi connectivity index (χ3v) is 3.97. The fraction of sp³-hybridized carbons (Fsp3) is 0.312. The van der Waals surface area contributed by atoms with E-state index in [2.05, 4.69) is 4.98 Å². The zero-order valence-corrected chi connectivity index (χ0v) is 11.3. The summed E-state index contributed by atoms with van der Waals surface area (Å²) >= 11 is 0. The minimum atomic E-state index is -4.42. The van der Waals surface area contributed by atoms with Crippen LogP contribution in [0.15, 0.2) is 36.7 Å². The van der Waals surface area contributed by atoms with E-state index in [0.717, 1.165) is 31.5 Å². The fourth-order valence-electron chi connectivity index (χ4n) is 2.88. The molecule has 21 heavy (non-hydrogen) atoms. The van der Waals surface area contributed by atoms with Crippen LogP contribution in [0, 0.1) is 0 Å². The average molecular weight is 292 g/mol. The van der Waals surface area contributed by atoms with Crippen LogP contribution in [0.4, 0.5) is 13.2 Å². The number of pyridine rings is 1. The molecular weight excluding hydrogens is 277 g/mol. The van der Waals surface area contributed by atoms with Gasteiger partial charge in [0.2, 0.25) is 0 Å². The van der Waals surface area contributed by atoms with Gasteiger partial charge in [0.25, 0.3) is 0 Å². The molecule has 2 aromatic rings. The van der Waals surface area contributed by atoms with Gasteiger partial charge in [-0.15, -0.1) is 0 Å². The first-order chi connectivity index (χ1) is 9.97. The van der Waals surface area contributed by atoms with E-state index in [4.69, 9.17) is 5.73 Å². The third-order valence-electron chi connectivity index (χ3n) is 3.97. The molecule has 5 heteroatoms. The zero-order valence-electron chi connectivity index (χ0n) is 11.3. The van der Waals surface area contributed by atoms with Crippen LogP contribution in [0.2, 0.25) is 0 Å². The van der Waals surface area contributed by atoms with Gasteiger partial charge in [-0.3, -0.25) is 4.98 Å². The van der Waals surface area contributed by atoms with Gasteiger partial charge in [-0.2, -0.15) is 13.2 Å². The second-order valence-corrected chi connectivity index (χ2v) is 5.32. The van der Waals surface area contributed by atoms with E-state index in [9.17, 15) is 13.2 Å². The molecule has 1 heterocycles. The summed E-state index contributed by atoms with van der Waals surface area (Å²) in [5, 5.41) is 0. The number of nitrogens with zero attached hydrogens (tertiary/aromatic N) is 1. The molecule has 0 aliphatic heterocycles. The van der Waals surface area contributed by atoms with Gasteiger partial charge in [-0.05, 0) is 42.0 Å². The van der Waals surface area contributed by atoms with Crippen LogP contribution in [-0.2, 0) is 19.0 Å². The van der Waals surface area contributed by atoms with Crippen molar-refractivity contribution in [3.05, 3.63) is 64.5 Å². The summed E-state index contributed by atoms with van der Waals surface area (Å²) in [7, 11) is 0. The van der Waals surface area contributed by atoms with E-state index in [1.54, 1.807) is 0 Å². The van der Waals surface area contributed by atoms with Gasteiger partial charge in [0.15, 0.2) is 0 Å². The fourth-order valence-corrected chi connectivity index (χ4v) is 2.88. The molecule has 0 amide bonds. The molecule has 2 nitrogen and oxygen atoms in total. The average Bonchev–Trinajstić information content (AvgIpc) is 2.93. The lowest BCUT2D eigenvalue weighted by Crippen LogP contribution is -2.19. The van der Waals surface area contributed by atoms with Crippen molar-refractivity contribution in [2.24, 2.45) is 5.73 Å². The largest absolute Gasteiger partial charge is 0.416 e. The third kappa shape index (κ3) is 2.65. The molecule has 1 aliphatic carbocycles. The Morgan fingerprint density at radius 2 is 1.86 bits per heavy atom. The van der Waals surface area contributed by atoms with Crippen LogP contribution in [0.5, 0.6) is 0 Å². The van der Waals surface area contributed by atoms with Gasteiger partial charge >= 0.3 is 6.18 Å². The van der Waals surface area contributed by atoms with Crippen molar-refractivity contribution in [2.75, 3.05) is 0 Å². The highest BCUT2D eigenvalue weighted by Gasteiger charge is 2.35. The van der Waals surface area contributed by atoms with Crippen molar-refractivity contribution in [1.82, 2.24) is 4.98 Å². The summed E-state index contributed by atoms with van der Waals surface area (Å²) in [5.41, 5.74) is 8.54. The van der Waals surface area contributed by atoms with Gasteiger partial charge in [0.05, 0.1) is 11.6 Å². The van der Waals surface area contributed by atoms with Crippen molar-refractivity contribution in [2.45, 2.75) is 31.5 Å². The molecule has 0 fully saturated rings. The van der Waals surface area contributed by atoms with E-state index < -0.39 is 17.8 Å². The lowest BCUT2D eigenvalue weighted by molar-refractivity contribution is -0.138. The molecule has 1 aliphatic rings. The van der Waals surface area contributed by atoms with Crippen LogP contribution in [0.3, 0.4) is 0 Å². The summed E-state index contributed by atoms with van der Waals surface area (Å²) in [5.74, 6) is 0. The highest BCUT2D eigenvalue weighted by Crippen LogP contribution is 2.36. The standard InChI is InChI=1S/C16H15F3N2/c17-16(18,19)14-6-7-21-9-13(14)15(20)12-5-4-10-2-1-3-11(10)8-12/h4-9,15H,1-3,20H2. The number of alkyl halides is 3. The number of aryl methyl sites for hydroxylation is 2. The predicted molar refractivity (Wildman–Crippen MR) is 73.7 cm³/mol. The minimum Gasteiger partial charge on any atom is -0.320 e. The smallest absolute Gasteiger partial charge is 0.320 e. The van der Waals surface area contributed by atoms with E-state index in [-0.39, 0.29) is 5.56 Å². The number of aromatic nitrogens is 1. The molecule has 0 saturated heterocycles. The minimum absolute atomic E-state index is 0.0166. The van der Waals surface area contributed by atoms with E-state index in [1.165, 1.54) is 17.3 Å². The number of hydrogen-bond donors (Lipinski definition) is 1. The quantitative estimate of drug-likeness (QED) is 0.918. The second kappa shape index (κ2) is 5.15. The van der Waals surface area contributed by atoms with Crippen LogP contribution >= 0.6 is 0 Å². The van der Waals surface area contributed by atoms with Crippen molar-refractivity contribution in [1.29, 1.82) is 0 Å². The topological polar surface area (TPSA) is 38.9 Å². The highest BCUT2D eigenvalue weighted by molar-refractivity contribution is 5.41. The monoisotopic (exact) mass is 292 g/mol. The van der Waals surface area contributed by atoms with Gasteiger partial charge in [0, 0.05) is 18.0 Å². The molecule has 0 bridgehead atoms. The SMILES string of the molecule is NC(c1ccc2c(c1)CCC2)c1cnccc1C(F)(F)F. The van der Waals surface area contributed by atoms with Crippen LogP contribution in [0.1, 0.15) is 40.3 Å². The van der Waals surface area contributed by atoms with Crippen LogP contribution in [0.25, 0.3) is 0 Å². The van der Waals surface area contributed by atoms with Crippen molar-refractivity contribution >= 4 is 0 Å². The molecule has 1 aromatic heterocycles. The maximum atomic E-state index is 13.1. The van der Waals surface area contributed by atoms with Crippen molar-refractivity contribution in [3.63, 3.8) is 0 Å². The maximum absolute atomic E-state index is 13.1. The predicted octanol–water partition coefficient (Wildman–Crippen LogP) is 3.64. The first-order valence-corrected chi connectivity index (χ1v) is 6.85. The van der Waals surface area contributed by atoms with Gasteiger partial charge in [-0.1, -0.05) is 18.2 Å². The van der Waals surface area contributed by atoms with E-state index in [1.807, 2.05) is 18.2 Å². The lowest BCUT2D eigenvalue weighted by Gasteiger charge is -2.18. The number of fused-ring (bicyclic) bond motifs is 1. The Morgan fingerprint density at radius 1 is 1.10 bits per heavy atom. The Labute approximate surface area is 120 Å². The molecule has 0 saturated carbocycles. The Morgan fingerprint density at radius 3 is 2.62 bits per heavy atom. The lowest BCUT2D eigenvalue weighted by atomic mass is 9.94. The van der Waals surface area contributed by atoms with Gasteiger partial charge < -0.3 is 5.73 Å². The Balaban J connectivity index is 2.01. The maximum Gasteiger partial charge on any atom is 0.416 e. The van der Waals surface area contributed by atoms with E-state index >= 15 is 0 Å². The molecule has 2 N–H and O–H groups in total. The molecule has 1 unspecified atom stereocenters. The molecule has 1 atom stereocenters. The summed E-state index contributed by atoms with van der Waals surface area (Å²) < 4.78 is 39.2. The normalized spacial score (nSPS) is 15.8. The first kappa shape index (κ1) is 14.1. The van der Waals surface area contributed by atoms with Crippen molar-refractivity contribution in [3.8, 4) is 0 Å². The Hall–Kier alpha value is -1.88. The summed E-state index contributed by atoms with van der Waals surface area (Å²) in [4.78, 5) is 3.80. The zero-order chi connectivity index (χ0) is 15.0. The molecule has 0 radical (unpaired) electrons. The number of nitrogens with two attached hydrogens (primary N) is 1. The Kier molecular flexibility index (Phi) is 3.45. The van der Waals surface area contributed by atoms with E-state index in [0.29, 0.717) is 5.56 Å². The summed E-state index contributed by atoms with van der Waals surface area (Å²) in [6, 6.07) is 5.88. The highest BCUT2D eigenvalue weighted by atomic mass is 19.4.